The second-order valence-electron chi connectivity index (χ2n) is 6.93. The topological polar surface area (TPSA) is 46.9 Å². The van der Waals surface area contributed by atoms with E-state index in [2.05, 4.69) is 40.2 Å². The van der Waals surface area contributed by atoms with Crippen molar-refractivity contribution in [3.05, 3.63) is 107 Å². The second-order valence-corrected chi connectivity index (χ2v) is 7.33. The van der Waals surface area contributed by atoms with Gasteiger partial charge in [0.05, 0.1) is 21.6 Å². The van der Waals surface area contributed by atoms with Crippen molar-refractivity contribution in [2.75, 3.05) is 6.54 Å². The Labute approximate surface area is 180 Å². The van der Waals surface area contributed by atoms with Gasteiger partial charge < -0.3 is 9.88 Å². The molecule has 0 aliphatic rings. The lowest BCUT2D eigenvalue weighted by molar-refractivity contribution is 0.0954. The van der Waals surface area contributed by atoms with Crippen molar-refractivity contribution in [2.45, 2.75) is 13.0 Å². The van der Waals surface area contributed by atoms with Gasteiger partial charge in [-0.3, -0.25) is 4.79 Å². The highest BCUT2D eigenvalue weighted by Crippen LogP contribution is 2.17. The molecule has 150 valence electrons. The van der Waals surface area contributed by atoms with Crippen molar-refractivity contribution >= 4 is 34.6 Å². The fraction of sp³-hybridized carbons (Fsp3) is 0.120. The zero-order valence-corrected chi connectivity index (χ0v) is 17.2. The van der Waals surface area contributed by atoms with Crippen LogP contribution in [0.2, 0.25) is 5.02 Å². The SMILES string of the molecule is O=C(NCCc1nc2ccccc2n1C/C=C/c1ccccc1)c1ccccc1Cl. The number of rotatable bonds is 7. The van der Waals surface area contributed by atoms with E-state index in [1.165, 1.54) is 0 Å². The zero-order chi connectivity index (χ0) is 20.8. The highest BCUT2D eigenvalue weighted by Gasteiger charge is 2.12. The number of nitrogens with zero attached hydrogens (tertiary/aromatic N) is 2. The summed E-state index contributed by atoms with van der Waals surface area (Å²) in [6.45, 7) is 1.19. The smallest absolute Gasteiger partial charge is 0.252 e. The average molecular weight is 416 g/mol. The van der Waals surface area contributed by atoms with Gasteiger partial charge >= 0.3 is 0 Å². The quantitative estimate of drug-likeness (QED) is 0.440. The van der Waals surface area contributed by atoms with E-state index in [-0.39, 0.29) is 5.91 Å². The van der Waals surface area contributed by atoms with Crippen LogP contribution >= 0.6 is 11.6 Å². The third kappa shape index (κ3) is 4.61. The van der Waals surface area contributed by atoms with Crippen LogP contribution in [0.4, 0.5) is 0 Å². The maximum Gasteiger partial charge on any atom is 0.252 e. The van der Waals surface area contributed by atoms with Crippen LogP contribution in [0.3, 0.4) is 0 Å². The summed E-state index contributed by atoms with van der Waals surface area (Å²) < 4.78 is 2.19. The lowest BCUT2D eigenvalue weighted by atomic mass is 10.2. The summed E-state index contributed by atoms with van der Waals surface area (Å²) >= 11 is 6.12. The molecule has 1 amide bonds. The van der Waals surface area contributed by atoms with E-state index in [0.717, 1.165) is 22.4 Å². The van der Waals surface area contributed by atoms with E-state index in [0.29, 0.717) is 30.1 Å². The maximum absolute atomic E-state index is 12.4. The first-order valence-corrected chi connectivity index (χ1v) is 10.3. The first kappa shape index (κ1) is 19.9. The first-order valence-electron chi connectivity index (χ1n) is 9.91. The minimum Gasteiger partial charge on any atom is -0.352 e. The summed E-state index contributed by atoms with van der Waals surface area (Å²) in [4.78, 5) is 17.2. The molecule has 0 fully saturated rings. The molecule has 5 heteroatoms. The fourth-order valence-electron chi connectivity index (χ4n) is 3.41. The van der Waals surface area contributed by atoms with Crippen molar-refractivity contribution in [3.63, 3.8) is 0 Å². The molecule has 3 aromatic carbocycles. The molecular weight excluding hydrogens is 394 g/mol. The number of imidazole rings is 1. The van der Waals surface area contributed by atoms with E-state index < -0.39 is 0 Å². The molecule has 4 aromatic rings. The monoisotopic (exact) mass is 415 g/mol. The Balaban J connectivity index is 1.48. The number of carbonyl (C=O) groups is 1. The molecule has 0 atom stereocenters. The van der Waals surface area contributed by atoms with Crippen LogP contribution in [0.1, 0.15) is 21.7 Å². The lowest BCUT2D eigenvalue weighted by Gasteiger charge is -2.09. The van der Waals surface area contributed by atoms with Gasteiger partial charge in [-0.2, -0.15) is 0 Å². The fourth-order valence-corrected chi connectivity index (χ4v) is 3.63. The third-order valence-electron chi connectivity index (χ3n) is 4.88. The molecule has 1 heterocycles. The standard InChI is InChI=1S/C25H22ClN3O/c26-21-13-5-4-12-20(21)25(30)27-17-16-24-28-22-14-6-7-15-23(22)29(24)18-8-11-19-9-2-1-3-10-19/h1-15H,16-18H2,(H,27,30)/b11-8+. The molecule has 0 saturated carbocycles. The number of hydrogen-bond acceptors (Lipinski definition) is 2. The van der Waals surface area contributed by atoms with Crippen LogP contribution in [0.15, 0.2) is 84.9 Å². The van der Waals surface area contributed by atoms with Gasteiger partial charge in [0, 0.05) is 19.5 Å². The highest BCUT2D eigenvalue weighted by molar-refractivity contribution is 6.33. The van der Waals surface area contributed by atoms with E-state index in [4.69, 9.17) is 16.6 Å². The van der Waals surface area contributed by atoms with Crippen molar-refractivity contribution in [1.29, 1.82) is 0 Å². The van der Waals surface area contributed by atoms with Crippen LogP contribution in [0, 0.1) is 0 Å². The Hall–Kier alpha value is -3.37. The maximum atomic E-state index is 12.4. The van der Waals surface area contributed by atoms with Crippen molar-refractivity contribution < 1.29 is 4.79 Å². The van der Waals surface area contributed by atoms with E-state index in [9.17, 15) is 4.79 Å². The molecule has 1 N–H and O–H groups in total. The van der Waals surface area contributed by atoms with Crippen molar-refractivity contribution in [3.8, 4) is 0 Å². The van der Waals surface area contributed by atoms with Crippen LogP contribution in [-0.4, -0.2) is 22.0 Å². The second kappa shape index (κ2) is 9.42. The van der Waals surface area contributed by atoms with Gasteiger partial charge in [0.25, 0.3) is 5.91 Å². The molecule has 0 aliphatic carbocycles. The summed E-state index contributed by atoms with van der Waals surface area (Å²) in [5.41, 5.74) is 3.69. The number of amides is 1. The Bertz CT molecular complexity index is 1180. The van der Waals surface area contributed by atoms with Crippen molar-refractivity contribution in [2.24, 2.45) is 0 Å². The number of fused-ring (bicyclic) bond motifs is 1. The third-order valence-corrected chi connectivity index (χ3v) is 5.21. The molecule has 4 rings (SSSR count). The normalized spacial score (nSPS) is 11.2. The zero-order valence-electron chi connectivity index (χ0n) is 16.5. The van der Waals surface area contributed by atoms with Crippen molar-refractivity contribution in [1.82, 2.24) is 14.9 Å². The number of hydrogen-bond donors (Lipinski definition) is 1. The molecule has 0 spiro atoms. The summed E-state index contributed by atoms with van der Waals surface area (Å²) in [5, 5.41) is 3.40. The number of halogens is 1. The molecule has 30 heavy (non-hydrogen) atoms. The molecule has 0 aliphatic heterocycles. The van der Waals surface area contributed by atoms with E-state index >= 15 is 0 Å². The van der Waals surface area contributed by atoms with Gasteiger partial charge in [0.2, 0.25) is 0 Å². The van der Waals surface area contributed by atoms with Gasteiger partial charge in [-0.1, -0.05) is 78.4 Å². The molecule has 0 unspecified atom stereocenters. The van der Waals surface area contributed by atoms with Gasteiger partial charge in [0.15, 0.2) is 0 Å². The Morgan fingerprint density at radius 2 is 1.70 bits per heavy atom. The Kier molecular flexibility index (Phi) is 6.26. The average Bonchev–Trinajstić information content (AvgIpc) is 3.12. The molecule has 0 radical (unpaired) electrons. The molecule has 1 aromatic heterocycles. The predicted octanol–water partition coefficient (Wildman–Crippen LogP) is 5.38. The molecule has 0 saturated heterocycles. The Morgan fingerprint density at radius 1 is 0.967 bits per heavy atom. The van der Waals surface area contributed by atoms with Crippen LogP contribution in [0.5, 0.6) is 0 Å². The van der Waals surface area contributed by atoms with E-state index in [1.807, 2.05) is 42.5 Å². The molecular formula is C25H22ClN3O. The van der Waals surface area contributed by atoms with Gasteiger partial charge in [-0.15, -0.1) is 0 Å². The first-order chi connectivity index (χ1) is 14.7. The number of nitrogens with one attached hydrogen (secondary N) is 1. The largest absolute Gasteiger partial charge is 0.352 e. The number of aromatic nitrogens is 2. The highest BCUT2D eigenvalue weighted by atomic mass is 35.5. The minimum absolute atomic E-state index is 0.174. The molecule has 4 nitrogen and oxygen atoms in total. The minimum atomic E-state index is -0.174. The van der Waals surface area contributed by atoms with Gasteiger partial charge in [-0.05, 0) is 29.8 Å². The van der Waals surface area contributed by atoms with E-state index in [1.54, 1.807) is 18.2 Å². The molecule has 0 bridgehead atoms. The summed E-state index contributed by atoms with van der Waals surface area (Å²) in [7, 11) is 0. The van der Waals surface area contributed by atoms with Crippen LogP contribution < -0.4 is 5.32 Å². The van der Waals surface area contributed by atoms with Crippen LogP contribution in [0.25, 0.3) is 17.1 Å². The lowest BCUT2D eigenvalue weighted by Crippen LogP contribution is -2.26. The number of benzene rings is 3. The summed E-state index contributed by atoms with van der Waals surface area (Å²) in [6, 6.07) is 25.4. The number of carbonyl (C=O) groups excluding carboxylic acids is 1. The number of allylic oxidation sites excluding steroid dienone is 1. The van der Waals surface area contributed by atoms with Crippen LogP contribution in [-0.2, 0) is 13.0 Å². The van der Waals surface area contributed by atoms with Gasteiger partial charge in [0.1, 0.15) is 5.82 Å². The summed E-state index contributed by atoms with van der Waals surface area (Å²) in [5.74, 6) is 0.764. The Morgan fingerprint density at radius 3 is 2.53 bits per heavy atom. The van der Waals surface area contributed by atoms with Gasteiger partial charge in [-0.25, -0.2) is 4.98 Å². The summed E-state index contributed by atoms with van der Waals surface area (Å²) in [6.07, 6.45) is 4.87. The predicted molar refractivity (Wildman–Crippen MR) is 123 cm³/mol. The number of para-hydroxylation sites is 2.